The van der Waals surface area contributed by atoms with E-state index in [1.54, 1.807) is 0 Å². The van der Waals surface area contributed by atoms with Gasteiger partial charge in [0, 0.05) is 34.5 Å². The Morgan fingerprint density at radius 2 is 1.38 bits per heavy atom. The van der Waals surface area contributed by atoms with Gasteiger partial charge in [0.05, 0.1) is 5.69 Å². The average Bonchev–Trinajstić information content (AvgIpc) is 3.57. The molecule has 3 aromatic heterocycles. The minimum Gasteiger partial charge on any atom is -0.509 e. The van der Waals surface area contributed by atoms with Gasteiger partial charge in [-0.25, -0.2) is 4.98 Å². The molecule has 236 valence electrons. The van der Waals surface area contributed by atoms with Crippen molar-refractivity contribution in [2.24, 2.45) is 0 Å². The maximum Gasteiger partial charge on any atom is 2.00 e. The first-order valence-corrected chi connectivity index (χ1v) is 15.8. The van der Waals surface area contributed by atoms with Gasteiger partial charge >= 0.3 is 21.1 Å². The van der Waals surface area contributed by atoms with E-state index in [0.717, 1.165) is 72.5 Å². The molecule has 0 fully saturated rings. The Hall–Kier alpha value is -5.25. The van der Waals surface area contributed by atoms with Crippen LogP contribution in [0.25, 0.3) is 55.6 Å². The van der Waals surface area contributed by atoms with Crippen LogP contribution in [0.15, 0.2) is 121 Å². The fraction of sp³-hybridized carbons (Fsp3) is 0.0952. The SMILES string of the molecule is Cc1cc(Oc2[c-]c3c(cc2)c2cc(-c4ccccc4)ccc2n3-c2cc(C)ccn2)[c-]c(-n2nc(C)c(-c3ccccc3)c2C)c1.[Pt+2]. The van der Waals surface area contributed by atoms with Crippen LogP contribution in [0.5, 0.6) is 11.5 Å². The molecule has 3 heterocycles. The van der Waals surface area contributed by atoms with Crippen LogP contribution < -0.4 is 4.74 Å². The fourth-order valence-corrected chi connectivity index (χ4v) is 6.52. The summed E-state index contributed by atoms with van der Waals surface area (Å²) in [5.41, 5.74) is 11.6. The van der Waals surface area contributed by atoms with E-state index in [1.807, 2.05) is 48.1 Å². The van der Waals surface area contributed by atoms with Gasteiger partial charge in [0.2, 0.25) is 0 Å². The number of aromatic nitrogens is 4. The summed E-state index contributed by atoms with van der Waals surface area (Å²) < 4.78 is 10.6. The second-order valence-corrected chi connectivity index (χ2v) is 12.0. The maximum atomic E-state index is 6.51. The quantitative estimate of drug-likeness (QED) is 0.157. The Kier molecular flexibility index (Phi) is 8.33. The zero-order valence-corrected chi connectivity index (χ0v) is 29.3. The molecule has 6 heteroatoms. The molecule has 48 heavy (non-hydrogen) atoms. The Bertz CT molecular complexity index is 2430. The summed E-state index contributed by atoms with van der Waals surface area (Å²) in [6, 6.07) is 46.8. The van der Waals surface area contributed by atoms with E-state index >= 15 is 0 Å². The van der Waals surface area contributed by atoms with Gasteiger partial charge in [0.15, 0.2) is 0 Å². The summed E-state index contributed by atoms with van der Waals surface area (Å²) in [7, 11) is 0. The zero-order valence-electron chi connectivity index (χ0n) is 27.1. The molecule has 0 aliphatic rings. The van der Waals surface area contributed by atoms with E-state index in [-0.39, 0.29) is 21.1 Å². The Balaban J connectivity index is 0.00000364. The average molecular weight is 804 g/mol. The van der Waals surface area contributed by atoms with E-state index in [2.05, 4.69) is 122 Å². The van der Waals surface area contributed by atoms with Crippen molar-refractivity contribution < 1.29 is 25.8 Å². The van der Waals surface area contributed by atoms with Gasteiger partial charge in [-0.3, -0.25) is 4.68 Å². The third-order valence-corrected chi connectivity index (χ3v) is 8.66. The van der Waals surface area contributed by atoms with Crippen molar-refractivity contribution in [3.05, 3.63) is 156 Å². The van der Waals surface area contributed by atoms with Crippen LogP contribution in [-0.4, -0.2) is 19.3 Å². The number of pyridine rings is 1. The minimum atomic E-state index is 0. The summed E-state index contributed by atoms with van der Waals surface area (Å²) in [6.07, 6.45) is 1.85. The number of hydrogen-bond donors (Lipinski definition) is 0. The van der Waals surface area contributed by atoms with Crippen LogP contribution >= 0.6 is 0 Å². The Labute approximate surface area is 294 Å². The van der Waals surface area contributed by atoms with Crippen molar-refractivity contribution in [1.82, 2.24) is 19.3 Å². The van der Waals surface area contributed by atoms with Gasteiger partial charge in [-0.05, 0) is 72.3 Å². The molecule has 0 atom stereocenters. The van der Waals surface area contributed by atoms with Gasteiger partial charge in [0.1, 0.15) is 5.82 Å². The normalized spacial score (nSPS) is 11.2. The van der Waals surface area contributed by atoms with Crippen molar-refractivity contribution in [2.45, 2.75) is 27.7 Å². The molecule has 5 nitrogen and oxygen atoms in total. The summed E-state index contributed by atoms with van der Waals surface area (Å²) in [5, 5.41) is 7.12. The first-order chi connectivity index (χ1) is 22.9. The van der Waals surface area contributed by atoms with Gasteiger partial charge in [-0.15, -0.1) is 35.7 Å². The van der Waals surface area contributed by atoms with Gasteiger partial charge in [-0.2, -0.15) is 16.7 Å². The molecule has 8 aromatic rings. The third kappa shape index (κ3) is 5.65. The van der Waals surface area contributed by atoms with Crippen molar-refractivity contribution in [3.63, 3.8) is 0 Å². The van der Waals surface area contributed by atoms with Crippen molar-refractivity contribution >= 4 is 21.8 Å². The van der Waals surface area contributed by atoms with Crippen LogP contribution in [0.3, 0.4) is 0 Å². The molecule has 0 amide bonds. The van der Waals surface area contributed by atoms with Crippen LogP contribution in [0.2, 0.25) is 0 Å². The van der Waals surface area contributed by atoms with Crippen molar-refractivity contribution in [1.29, 1.82) is 0 Å². The van der Waals surface area contributed by atoms with E-state index in [1.165, 1.54) is 5.56 Å². The summed E-state index contributed by atoms with van der Waals surface area (Å²) in [6.45, 7) is 8.30. The number of hydrogen-bond acceptors (Lipinski definition) is 3. The molecule has 5 aromatic carbocycles. The molecule has 0 N–H and O–H groups in total. The van der Waals surface area contributed by atoms with Gasteiger partial charge < -0.3 is 9.30 Å². The predicted octanol–water partition coefficient (Wildman–Crippen LogP) is 10.3. The van der Waals surface area contributed by atoms with Crippen molar-refractivity contribution in [3.8, 4) is 45.3 Å². The number of ether oxygens (including phenoxy) is 1. The maximum absolute atomic E-state index is 6.51. The molecule has 0 saturated carbocycles. The molecule has 0 radical (unpaired) electrons. The van der Waals surface area contributed by atoms with E-state index in [9.17, 15) is 0 Å². The van der Waals surface area contributed by atoms with Crippen LogP contribution in [0.4, 0.5) is 0 Å². The second kappa shape index (κ2) is 12.7. The smallest absolute Gasteiger partial charge is 0.509 e. The van der Waals surface area contributed by atoms with E-state index in [0.29, 0.717) is 11.5 Å². The first kappa shape index (κ1) is 31.4. The zero-order chi connectivity index (χ0) is 32.1. The molecule has 0 aliphatic carbocycles. The standard InChI is InChI=1S/C42H32N4O.Pt/c1-27-19-20-43-41(23-27)45-39-18-15-33(31-11-7-5-8-12-31)24-38(39)37-17-16-35(26-40(37)45)47-36-22-28(2)21-34(25-36)46-30(4)42(29(3)44-46)32-13-9-6-10-14-32;/h5-24H,1-4H3;/q-2;+2. The number of aryl methyl sites for hydroxylation is 3. The molecule has 0 spiro atoms. The van der Waals surface area contributed by atoms with Crippen LogP contribution in [0, 0.1) is 39.8 Å². The van der Waals surface area contributed by atoms with Gasteiger partial charge in [-0.1, -0.05) is 85.2 Å². The van der Waals surface area contributed by atoms with Crippen LogP contribution in [-0.2, 0) is 21.1 Å². The Morgan fingerprint density at radius 3 is 2.12 bits per heavy atom. The molecular weight excluding hydrogens is 772 g/mol. The summed E-state index contributed by atoms with van der Waals surface area (Å²) >= 11 is 0. The van der Waals surface area contributed by atoms with E-state index in [4.69, 9.17) is 14.8 Å². The minimum absolute atomic E-state index is 0. The molecule has 8 rings (SSSR count). The fourth-order valence-electron chi connectivity index (χ4n) is 6.52. The molecule has 0 saturated heterocycles. The number of benzene rings is 5. The number of fused-ring (bicyclic) bond motifs is 3. The molecular formula is C42H32N4OPt. The van der Waals surface area contributed by atoms with Gasteiger partial charge in [0.25, 0.3) is 0 Å². The largest absolute Gasteiger partial charge is 2.00 e. The monoisotopic (exact) mass is 803 g/mol. The molecule has 0 bridgehead atoms. The molecule has 0 unspecified atom stereocenters. The topological polar surface area (TPSA) is 44.9 Å². The second-order valence-electron chi connectivity index (χ2n) is 12.0. The first-order valence-electron chi connectivity index (χ1n) is 15.8. The van der Waals surface area contributed by atoms with E-state index < -0.39 is 0 Å². The number of nitrogens with zero attached hydrogens (tertiary/aromatic N) is 4. The molecule has 0 aliphatic heterocycles. The predicted molar refractivity (Wildman–Crippen MR) is 190 cm³/mol. The summed E-state index contributed by atoms with van der Waals surface area (Å²) in [5.74, 6) is 2.05. The summed E-state index contributed by atoms with van der Waals surface area (Å²) in [4.78, 5) is 4.76. The third-order valence-electron chi connectivity index (χ3n) is 8.66. The van der Waals surface area contributed by atoms with Crippen molar-refractivity contribution in [2.75, 3.05) is 0 Å². The number of rotatable bonds is 6. The van der Waals surface area contributed by atoms with Crippen LogP contribution in [0.1, 0.15) is 22.5 Å². The Morgan fingerprint density at radius 1 is 0.625 bits per heavy atom.